The summed E-state index contributed by atoms with van der Waals surface area (Å²) < 4.78 is 11.2. The van der Waals surface area contributed by atoms with E-state index in [-0.39, 0.29) is 16.7 Å². The zero-order chi connectivity index (χ0) is 11.4. The van der Waals surface area contributed by atoms with Crippen LogP contribution in [0.3, 0.4) is 0 Å². The Morgan fingerprint density at radius 1 is 1.47 bits per heavy atom. The lowest BCUT2D eigenvalue weighted by atomic mass is 10.1. The van der Waals surface area contributed by atoms with Crippen LogP contribution in [-0.2, 0) is 10.7 Å². The summed E-state index contributed by atoms with van der Waals surface area (Å²) >= 11 is 5.80. The van der Waals surface area contributed by atoms with E-state index in [1.807, 2.05) is 0 Å². The van der Waals surface area contributed by atoms with Crippen LogP contribution in [-0.4, -0.2) is 22.5 Å². The Hall–Kier alpha value is -0.960. The first-order valence-electron chi connectivity index (χ1n) is 4.10. The van der Waals surface area contributed by atoms with E-state index in [9.17, 15) is 9.36 Å². The fourth-order valence-electron chi connectivity index (χ4n) is 1.15. The number of aliphatic hydroxyl groups is 1. The largest absolute Gasteiger partial charge is 0.478 e. The third-order valence-electron chi connectivity index (χ3n) is 1.84. The molecule has 0 amide bonds. The van der Waals surface area contributed by atoms with Crippen molar-refractivity contribution in [2.24, 2.45) is 0 Å². The fraction of sp³-hybridized carbons (Fsp3) is 0.222. The number of carbonyl (C=O) groups is 1. The molecule has 0 aliphatic carbocycles. The molecule has 0 aliphatic heterocycles. The molecule has 0 radical (unpaired) electrons. The van der Waals surface area contributed by atoms with E-state index in [1.54, 1.807) is 0 Å². The summed E-state index contributed by atoms with van der Waals surface area (Å²) in [6.07, 6.45) is -0.493. The van der Waals surface area contributed by atoms with Crippen molar-refractivity contribution in [3.8, 4) is 0 Å². The zero-order valence-corrected chi connectivity index (χ0v) is 9.33. The van der Waals surface area contributed by atoms with Gasteiger partial charge in [-0.2, -0.15) is 0 Å². The van der Waals surface area contributed by atoms with Crippen molar-refractivity contribution in [2.75, 3.05) is 6.35 Å². The van der Waals surface area contributed by atoms with Crippen molar-refractivity contribution in [3.05, 3.63) is 34.3 Å². The second-order valence-corrected chi connectivity index (χ2v) is 4.82. The van der Waals surface area contributed by atoms with E-state index in [4.69, 9.17) is 21.8 Å². The van der Waals surface area contributed by atoms with Gasteiger partial charge in [-0.05, 0) is 12.1 Å². The Morgan fingerprint density at radius 2 is 2.13 bits per heavy atom. The number of aromatic carboxylic acids is 1. The van der Waals surface area contributed by atoms with Crippen molar-refractivity contribution in [1.82, 2.24) is 0 Å². The average molecular weight is 248 g/mol. The molecule has 0 aromatic heterocycles. The van der Waals surface area contributed by atoms with Crippen LogP contribution in [0, 0.1) is 0 Å². The number of rotatable bonds is 4. The predicted molar refractivity (Wildman–Crippen MR) is 56.8 cm³/mol. The molecule has 80 valence electrons. The molecule has 1 aromatic carbocycles. The van der Waals surface area contributed by atoms with E-state index in [2.05, 4.69) is 0 Å². The average Bonchev–Trinajstić information content (AvgIpc) is 2.20. The van der Waals surface area contributed by atoms with Crippen LogP contribution in [0.4, 0.5) is 0 Å². The molecule has 1 aromatic rings. The molecule has 1 unspecified atom stereocenters. The summed E-state index contributed by atoms with van der Waals surface area (Å²) in [5, 5.41) is 17.8. The van der Waals surface area contributed by atoms with Gasteiger partial charge in [0.15, 0.2) is 6.16 Å². The van der Waals surface area contributed by atoms with Gasteiger partial charge < -0.3 is 10.2 Å². The summed E-state index contributed by atoms with van der Waals surface area (Å²) in [4.78, 5) is 10.8. The molecular weight excluding hydrogens is 239 g/mol. The summed E-state index contributed by atoms with van der Waals surface area (Å²) in [6.45, 7) is 0. The molecule has 1 rings (SSSR count). The number of aliphatic hydroxyl groups excluding tert-OH is 1. The number of benzene rings is 1. The zero-order valence-electron chi connectivity index (χ0n) is 7.68. The number of carboxylic acids is 1. The van der Waals surface area contributed by atoms with E-state index < -0.39 is 20.1 Å². The predicted octanol–water partition coefficient (Wildman–Crippen LogP) is 2.32. The first kappa shape index (κ1) is 12.1. The molecule has 0 aliphatic rings. The molecule has 1 atom stereocenters. The molecule has 0 saturated carbocycles. The second-order valence-electron chi connectivity index (χ2n) is 2.85. The fourth-order valence-corrected chi connectivity index (χ4v) is 2.27. The molecule has 0 bridgehead atoms. The van der Waals surface area contributed by atoms with Gasteiger partial charge in [0.1, 0.15) is 0 Å². The molecule has 0 spiro atoms. The lowest BCUT2D eigenvalue weighted by Gasteiger charge is -2.02. The van der Waals surface area contributed by atoms with Gasteiger partial charge in [-0.3, -0.25) is 0 Å². The minimum atomic E-state index is -1.85. The van der Waals surface area contributed by atoms with Crippen LogP contribution in [0.25, 0.3) is 0 Å². The maximum absolute atomic E-state index is 11.2. The van der Waals surface area contributed by atoms with Gasteiger partial charge >= 0.3 is 13.8 Å². The lowest BCUT2D eigenvalue weighted by molar-refractivity contribution is 0.0696. The first-order valence-corrected chi connectivity index (χ1v) is 6.10. The van der Waals surface area contributed by atoms with Crippen molar-refractivity contribution < 1.29 is 19.6 Å². The third-order valence-corrected chi connectivity index (χ3v) is 3.18. The molecule has 0 saturated heterocycles. The van der Waals surface area contributed by atoms with Crippen molar-refractivity contribution in [3.63, 3.8) is 0 Å². The van der Waals surface area contributed by atoms with E-state index in [0.717, 1.165) is 0 Å². The monoisotopic (exact) mass is 247 g/mol. The second kappa shape index (κ2) is 5.21. The van der Waals surface area contributed by atoms with Gasteiger partial charge in [0.2, 0.25) is 6.35 Å². The molecule has 0 fully saturated rings. The highest BCUT2D eigenvalue weighted by molar-refractivity contribution is 7.43. The summed E-state index contributed by atoms with van der Waals surface area (Å²) in [5.74, 6) is -1.12. The first-order chi connectivity index (χ1) is 7.06. The maximum atomic E-state index is 11.2. The smallest absolute Gasteiger partial charge is 0.371 e. The van der Waals surface area contributed by atoms with Crippen molar-refractivity contribution >= 4 is 25.4 Å². The highest BCUT2D eigenvalue weighted by Gasteiger charge is 2.22. The quantitative estimate of drug-likeness (QED) is 0.801. The SMILES string of the molecule is O=C(O)c1cccc(Cl)c1C[P+](=O)CO. The van der Waals surface area contributed by atoms with E-state index in [0.29, 0.717) is 5.56 Å². The Kier molecular flexibility index (Phi) is 4.21. The number of carboxylic acid groups (broad SMARTS) is 1. The molecule has 6 heteroatoms. The van der Waals surface area contributed by atoms with Crippen LogP contribution in [0.2, 0.25) is 5.02 Å². The highest BCUT2D eigenvalue weighted by Crippen LogP contribution is 2.31. The van der Waals surface area contributed by atoms with E-state index in [1.165, 1.54) is 18.2 Å². The Morgan fingerprint density at radius 3 is 2.67 bits per heavy atom. The summed E-state index contributed by atoms with van der Waals surface area (Å²) in [5.41, 5.74) is 0.334. The van der Waals surface area contributed by atoms with Gasteiger partial charge in [-0.1, -0.05) is 22.2 Å². The Balaban J connectivity index is 3.13. The normalized spacial score (nSPS) is 11.2. The number of halogens is 1. The van der Waals surface area contributed by atoms with Gasteiger partial charge in [-0.15, -0.1) is 0 Å². The molecular formula is C9H9ClO4P+. The van der Waals surface area contributed by atoms with Gasteiger partial charge in [0, 0.05) is 10.6 Å². The minimum absolute atomic E-state index is 0.0207. The minimum Gasteiger partial charge on any atom is -0.478 e. The summed E-state index contributed by atoms with van der Waals surface area (Å²) in [6, 6.07) is 4.44. The van der Waals surface area contributed by atoms with Crippen LogP contribution < -0.4 is 0 Å². The number of hydrogen-bond acceptors (Lipinski definition) is 3. The number of hydrogen-bond donors (Lipinski definition) is 2. The standard InChI is InChI=1S/C9H8ClO4P/c10-8-3-1-2-6(9(12)13)7(8)4-15(14)5-11/h1-3,11H,4-5H2/p+1. The van der Waals surface area contributed by atoms with Crippen LogP contribution in [0.15, 0.2) is 18.2 Å². The van der Waals surface area contributed by atoms with Crippen LogP contribution >= 0.6 is 19.4 Å². The lowest BCUT2D eigenvalue weighted by Crippen LogP contribution is -2.02. The molecule has 15 heavy (non-hydrogen) atoms. The highest BCUT2D eigenvalue weighted by atomic mass is 35.5. The van der Waals surface area contributed by atoms with Crippen molar-refractivity contribution in [1.29, 1.82) is 0 Å². The third kappa shape index (κ3) is 2.99. The molecule has 4 nitrogen and oxygen atoms in total. The Labute approximate surface area is 92.3 Å². The van der Waals surface area contributed by atoms with Crippen LogP contribution in [0.1, 0.15) is 15.9 Å². The van der Waals surface area contributed by atoms with Gasteiger partial charge in [0.05, 0.1) is 5.56 Å². The van der Waals surface area contributed by atoms with Crippen LogP contribution in [0.5, 0.6) is 0 Å². The molecule has 0 heterocycles. The topological polar surface area (TPSA) is 74.6 Å². The molecule has 2 N–H and O–H groups in total. The van der Waals surface area contributed by atoms with Gasteiger partial charge in [-0.25, -0.2) is 4.79 Å². The van der Waals surface area contributed by atoms with Gasteiger partial charge in [0.25, 0.3) is 0 Å². The maximum Gasteiger partial charge on any atom is 0.371 e. The van der Waals surface area contributed by atoms with E-state index >= 15 is 0 Å². The Bertz CT molecular complexity index is 405. The van der Waals surface area contributed by atoms with Crippen molar-refractivity contribution in [2.45, 2.75) is 6.16 Å². The summed E-state index contributed by atoms with van der Waals surface area (Å²) in [7, 11) is -1.85.